The fourth-order valence-corrected chi connectivity index (χ4v) is 4.44. The molecule has 7 nitrogen and oxygen atoms in total. The zero-order valence-corrected chi connectivity index (χ0v) is 16.8. The van der Waals surface area contributed by atoms with Gasteiger partial charge in [0.1, 0.15) is 11.3 Å². The number of methoxy groups -OCH3 is 1. The van der Waals surface area contributed by atoms with Gasteiger partial charge < -0.3 is 20.5 Å². The topological polar surface area (TPSA) is 99.7 Å². The molecule has 2 aromatic carbocycles. The first kappa shape index (κ1) is 19.7. The van der Waals surface area contributed by atoms with E-state index >= 15 is 0 Å². The second kappa shape index (κ2) is 7.33. The fraction of sp³-hybridized carbons (Fsp3) is 0.333. The molecule has 4 rings (SSSR count). The molecule has 0 saturated carbocycles. The van der Waals surface area contributed by atoms with Crippen LogP contribution in [0.1, 0.15) is 18.9 Å². The van der Waals surface area contributed by atoms with Crippen molar-refractivity contribution in [1.82, 2.24) is 5.32 Å². The van der Waals surface area contributed by atoms with Crippen molar-refractivity contribution in [3.8, 4) is 5.75 Å². The molecule has 4 atom stereocenters. The smallest absolute Gasteiger partial charge is 0.250 e. The van der Waals surface area contributed by atoms with E-state index < -0.39 is 23.6 Å². The van der Waals surface area contributed by atoms with Crippen molar-refractivity contribution >= 4 is 34.8 Å². The maximum atomic E-state index is 13.4. The molecular weight excluding hydrogens is 394 g/mol. The second-order valence-corrected chi connectivity index (χ2v) is 7.86. The number of anilines is 2. The van der Waals surface area contributed by atoms with Crippen molar-refractivity contribution in [2.24, 2.45) is 5.92 Å². The molecule has 1 saturated heterocycles. The molecule has 0 unspecified atom stereocenters. The first-order valence-corrected chi connectivity index (χ1v) is 9.75. The van der Waals surface area contributed by atoms with Gasteiger partial charge in [-0.05, 0) is 37.6 Å². The highest BCUT2D eigenvalue weighted by atomic mass is 35.5. The fourth-order valence-electron chi connectivity index (χ4n) is 4.27. The lowest BCUT2D eigenvalue weighted by molar-refractivity contribution is -0.130. The zero-order chi connectivity index (χ0) is 20.8. The number of halogens is 1. The summed E-state index contributed by atoms with van der Waals surface area (Å²) < 4.78 is 5.31. The number of amides is 2. The Morgan fingerprint density at radius 3 is 2.83 bits per heavy atom. The Bertz CT molecular complexity index is 980. The van der Waals surface area contributed by atoms with Gasteiger partial charge >= 0.3 is 0 Å². The monoisotopic (exact) mass is 415 g/mol. The van der Waals surface area contributed by atoms with E-state index in [0.29, 0.717) is 34.1 Å². The lowest BCUT2D eigenvalue weighted by atomic mass is 9.79. The number of aliphatic hydroxyl groups is 1. The van der Waals surface area contributed by atoms with Gasteiger partial charge in [0.15, 0.2) is 0 Å². The van der Waals surface area contributed by atoms with E-state index in [1.165, 1.54) is 7.11 Å². The molecule has 2 aliphatic rings. The molecule has 0 aromatic heterocycles. The molecular formula is C21H22ClN3O4. The van der Waals surface area contributed by atoms with Crippen LogP contribution >= 0.6 is 11.6 Å². The predicted octanol–water partition coefficient (Wildman–Crippen LogP) is 2.49. The lowest BCUT2D eigenvalue weighted by Crippen LogP contribution is -2.53. The van der Waals surface area contributed by atoms with Crippen LogP contribution in [0.2, 0.25) is 5.02 Å². The van der Waals surface area contributed by atoms with Crippen LogP contribution in [0.15, 0.2) is 42.5 Å². The minimum atomic E-state index is -1.26. The van der Waals surface area contributed by atoms with Crippen LogP contribution in [-0.2, 0) is 15.1 Å². The molecule has 2 aromatic rings. The number of benzene rings is 2. The van der Waals surface area contributed by atoms with Crippen LogP contribution in [0.3, 0.4) is 0 Å². The van der Waals surface area contributed by atoms with E-state index in [9.17, 15) is 14.7 Å². The van der Waals surface area contributed by atoms with Gasteiger partial charge in [0, 0.05) is 22.3 Å². The van der Waals surface area contributed by atoms with Crippen LogP contribution < -0.4 is 20.7 Å². The number of ether oxygens (including phenoxy) is 1. The summed E-state index contributed by atoms with van der Waals surface area (Å²) in [5.41, 5.74) is 0.529. The molecule has 152 valence electrons. The highest BCUT2D eigenvalue weighted by Gasteiger charge is 2.60. The summed E-state index contributed by atoms with van der Waals surface area (Å²) in [7, 11) is 1.50. The molecule has 8 heteroatoms. The van der Waals surface area contributed by atoms with Crippen molar-refractivity contribution < 1.29 is 19.4 Å². The Labute approximate surface area is 173 Å². The van der Waals surface area contributed by atoms with Crippen molar-refractivity contribution in [2.45, 2.75) is 31.0 Å². The number of carbonyl (C=O) groups excluding carboxylic acids is 2. The molecule has 1 spiro atoms. The molecule has 2 aliphatic heterocycles. The van der Waals surface area contributed by atoms with Crippen LogP contribution in [-0.4, -0.2) is 36.2 Å². The zero-order valence-electron chi connectivity index (χ0n) is 16.0. The average Bonchev–Trinajstić information content (AvgIpc) is 3.22. The standard InChI is InChI=1S/C21H22ClN3O4/c1-11(26)16-10-14(19(27)23-17-9-12(22)7-8-18(17)29-2)21(25-16)13-5-3-4-6-15(13)24-20(21)28/h3-9,11,14,16,25-26H,10H2,1-2H3,(H,23,27)(H,24,28)/t11-,14-,16-,21-/m1/s1. The van der Waals surface area contributed by atoms with Gasteiger partial charge in [-0.25, -0.2) is 0 Å². The minimum Gasteiger partial charge on any atom is -0.495 e. The number of rotatable bonds is 4. The van der Waals surface area contributed by atoms with Crippen LogP contribution in [0.5, 0.6) is 5.75 Å². The molecule has 0 bridgehead atoms. The van der Waals surface area contributed by atoms with Gasteiger partial charge in [-0.2, -0.15) is 0 Å². The van der Waals surface area contributed by atoms with E-state index in [2.05, 4.69) is 16.0 Å². The van der Waals surface area contributed by atoms with Gasteiger partial charge in [-0.1, -0.05) is 29.8 Å². The SMILES string of the molecule is COc1ccc(Cl)cc1NC(=O)[C@H]1C[C@H]([C@@H](C)O)N[C@@]12C(=O)Nc1ccccc12. The molecule has 4 N–H and O–H groups in total. The summed E-state index contributed by atoms with van der Waals surface area (Å²) in [5, 5.41) is 19.6. The Balaban J connectivity index is 1.74. The van der Waals surface area contributed by atoms with Gasteiger partial charge in [0.05, 0.1) is 24.8 Å². The largest absolute Gasteiger partial charge is 0.495 e. The molecule has 0 aliphatic carbocycles. The van der Waals surface area contributed by atoms with E-state index in [4.69, 9.17) is 16.3 Å². The number of hydrogen-bond donors (Lipinski definition) is 4. The minimum absolute atomic E-state index is 0.300. The number of nitrogens with one attached hydrogen (secondary N) is 3. The van der Waals surface area contributed by atoms with E-state index in [0.717, 1.165) is 0 Å². The summed E-state index contributed by atoms with van der Waals surface area (Å²) in [6.45, 7) is 1.64. The second-order valence-electron chi connectivity index (χ2n) is 7.42. The number of para-hydroxylation sites is 1. The predicted molar refractivity (Wildman–Crippen MR) is 110 cm³/mol. The van der Waals surface area contributed by atoms with Crippen LogP contribution in [0.4, 0.5) is 11.4 Å². The number of carbonyl (C=O) groups is 2. The lowest BCUT2D eigenvalue weighted by Gasteiger charge is -2.29. The van der Waals surface area contributed by atoms with Crippen molar-refractivity contribution in [2.75, 3.05) is 17.7 Å². The molecule has 29 heavy (non-hydrogen) atoms. The molecule has 1 fully saturated rings. The number of aliphatic hydroxyl groups excluding tert-OH is 1. The van der Waals surface area contributed by atoms with E-state index in [1.807, 2.05) is 18.2 Å². The Hall–Kier alpha value is -2.61. The normalized spacial score (nSPS) is 26.1. The molecule has 2 heterocycles. The number of fused-ring (bicyclic) bond motifs is 2. The van der Waals surface area contributed by atoms with Crippen LogP contribution in [0.25, 0.3) is 0 Å². The van der Waals surface area contributed by atoms with E-state index in [1.54, 1.807) is 31.2 Å². The van der Waals surface area contributed by atoms with Crippen LogP contribution in [0, 0.1) is 5.92 Å². The van der Waals surface area contributed by atoms with Crippen molar-refractivity contribution in [1.29, 1.82) is 0 Å². The van der Waals surface area contributed by atoms with E-state index in [-0.39, 0.29) is 11.8 Å². The number of hydrogen-bond acceptors (Lipinski definition) is 5. The first-order valence-electron chi connectivity index (χ1n) is 9.38. The maximum absolute atomic E-state index is 13.4. The third-order valence-electron chi connectivity index (χ3n) is 5.70. The highest BCUT2D eigenvalue weighted by Crippen LogP contribution is 2.47. The molecule has 2 amide bonds. The Morgan fingerprint density at radius 1 is 1.34 bits per heavy atom. The summed E-state index contributed by atoms with van der Waals surface area (Å²) >= 11 is 6.08. The third kappa shape index (κ3) is 3.15. The Morgan fingerprint density at radius 2 is 2.10 bits per heavy atom. The highest BCUT2D eigenvalue weighted by molar-refractivity contribution is 6.31. The van der Waals surface area contributed by atoms with Gasteiger partial charge in [-0.3, -0.25) is 14.9 Å². The Kier molecular flexibility index (Phi) is 4.98. The third-order valence-corrected chi connectivity index (χ3v) is 5.94. The average molecular weight is 416 g/mol. The van der Waals surface area contributed by atoms with Gasteiger partial charge in [0.2, 0.25) is 11.8 Å². The first-order chi connectivity index (χ1) is 13.9. The van der Waals surface area contributed by atoms with Gasteiger partial charge in [-0.15, -0.1) is 0 Å². The maximum Gasteiger partial charge on any atom is 0.250 e. The molecule has 0 radical (unpaired) electrons. The summed E-state index contributed by atoms with van der Waals surface area (Å²) in [6.07, 6.45) is -0.431. The summed E-state index contributed by atoms with van der Waals surface area (Å²) in [5.74, 6) is -0.936. The van der Waals surface area contributed by atoms with Gasteiger partial charge in [0.25, 0.3) is 0 Å². The van der Waals surface area contributed by atoms with Crippen molar-refractivity contribution in [3.63, 3.8) is 0 Å². The summed E-state index contributed by atoms with van der Waals surface area (Å²) in [6, 6.07) is 11.8. The summed E-state index contributed by atoms with van der Waals surface area (Å²) in [4.78, 5) is 26.5. The van der Waals surface area contributed by atoms with Crippen molar-refractivity contribution in [3.05, 3.63) is 53.1 Å². The quantitative estimate of drug-likeness (QED) is 0.614.